The molecule has 0 saturated heterocycles. The van der Waals surface area contributed by atoms with Gasteiger partial charge in [-0.3, -0.25) is 0 Å². The largest absolute Gasteiger partial charge is 0.396 e. The monoisotopic (exact) mass is 230 g/mol. The Morgan fingerprint density at radius 2 is 2.33 bits per heavy atom. The predicted octanol–water partition coefficient (Wildman–Crippen LogP) is 1.29. The Morgan fingerprint density at radius 3 is 2.93 bits per heavy atom. The Bertz CT molecular complexity index is 321. The van der Waals surface area contributed by atoms with Gasteiger partial charge in [0.05, 0.1) is 0 Å². The Balaban J connectivity index is 2.74. The van der Waals surface area contributed by atoms with E-state index in [0.717, 1.165) is 6.42 Å². The van der Waals surface area contributed by atoms with Crippen LogP contribution >= 0.6 is 11.6 Å². The lowest BCUT2D eigenvalue weighted by Gasteiger charge is -2.17. The standard InChI is InChI=1S/C9H15ClN4O/c1-2-6(3-4-15)14-9-7(10)8(11)12-5-13-9/h5-6,15H,2-4H2,1H3,(H3,11,12,13,14). The van der Waals surface area contributed by atoms with Crippen LogP contribution in [0.2, 0.25) is 5.02 Å². The average Bonchev–Trinajstić information content (AvgIpc) is 2.24. The maximum Gasteiger partial charge on any atom is 0.150 e. The minimum Gasteiger partial charge on any atom is -0.396 e. The van der Waals surface area contributed by atoms with E-state index >= 15 is 0 Å². The molecule has 1 aromatic heterocycles. The molecule has 4 N–H and O–H groups in total. The SMILES string of the molecule is CCC(CCO)Nc1ncnc(N)c1Cl. The second-order valence-electron chi connectivity index (χ2n) is 3.18. The molecule has 6 heteroatoms. The number of nitrogen functional groups attached to an aromatic ring is 1. The van der Waals surface area contributed by atoms with Gasteiger partial charge in [0.2, 0.25) is 0 Å². The molecule has 0 fully saturated rings. The van der Waals surface area contributed by atoms with Crippen LogP contribution in [0.3, 0.4) is 0 Å². The number of aliphatic hydroxyl groups excluding tert-OH is 1. The van der Waals surface area contributed by atoms with Gasteiger partial charge in [-0.15, -0.1) is 0 Å². The van der Waals surface area contributed by atoms with Crippen LogP contribution < -0.4 is 11.1 Å². The van der Waals surface area contributed by atoms with E-state index in [4.69, 9.17) is 22.4 Å². The lowest BCUT2D eigenvalue weighted by atomic mass is 10.1. The van der Waals surface area contributed by atoms with Crippen molar-refractivity contribution in [3.05, 3.63) is 11.3 Å². The van der Waals surface area contributed by atoms with Crippen molar-refractivity contribution < 1.29 is 5.11 Å². The molecule has 0 amide bonds. The molecule has 84 valence electrons. The molecule has 1 atom stereocenters. The molecule has 0 bridgehead atoms. The van der Waals surface area contributed by atoms with Gasteiger partial charge in [-0.2, -0.15) is 0 Å². The van der Waals surface area contributed by atoms with E-state index in [0.29, 0.717) is 17.3 Å². The van der Waals surface area contributed by atoms with E-state index in [9.17, 15) is 0 Å². The molecule has 1 aromatic rings. The molecule has 15 heavy (non-hydrogen) atoms. The van der Waals surface area contributed by atoms with Crippen LogP contribution in [0, 0.1) is 0 Å². The van der Waals surface area contributed by atoms with Gasteiger partial charge < -0.3 is 16.2 Å². The van der Waals surface area contributed by atoms with Crippen molar-refractivity contribution in [3.63, 3.8) is 0 Å². The molecule has 0 radical (unpaired) electrons. The first-order chi connectivity index (χ1) is 7.19. The number of nitrogens with two attached hydrogens (primary N) is 1. The lowest BCUT2D eigenvalue weighted by Crippen LogP contribution is -2.21. The van der Waals surface area contributed by atoms with E-state index in [2.05, 4.69) is 15.3 Å². The van der Waals surface area contributed by atoms with Crippen LogP contribution in [0.15, 0.2) is 6.33 Å². The quantitative estimate of drug-likeness (QED) is 0.710. The van der Waals surface area contributed by atoms with Crippen molar-refractivity contribution in [2.45, 2.75) is 25.8 Å². The van der Waals surface area contributed by atoms with Crippen molar-refractivity contribution in [1.82, 2.24) is 9.97 Å². The number of anilines is 2. The summed E-state index contributed by atoms with van der Waals surface area (Å²) in [5.74, 6) is 0.775. The summed E-state index contributed by atoms with van der Waals surface area (Å²) < 4.78 is 0. The fourth-order valence-corrected chi connectivity index (χ4v) is 1.36. The van der Waals surface area contributed by atoms with Crippen LogP contribution in [-0.2, 0) is 0 Å². The van der Waals surface area contributed by atoms with E-state index in [-0.39, 0.29) is 18.5 Å². The molecule has 0 spiro atoms. The van der Waals surface area contributed by atoms with Gasteiger partial charge >= 0.3 is 0 Å². The third-order valence-electron chi connectivity index (χ3n) is 2.13. The summed E-state index contributed by atoms with van der Waals surface area (Å²) >= 11 is 5.92. The summed E-state index contributed by atoms with van der Waals surface area (Å²) in [5.41, 5.74) is 5.54. The smallest absolute Gasteiger partial charge is 0.150 e. The van der Waals surface area contributed by atoms with Gasteiger partial charge in [0, 0.05) is 12.6 Å². The fourth-order valence-electron chi connectivity index (χ4n) is 1.21. The van der Waals surface area contributed by atoms with Gasteiger partial charge in [-0.25, -0.2) is 9.97 Å². The normalized spacial score (nSPS) is 12.5. The zero-order chi connectivity index (χ0) is 11.3. The van der Waals surface area contributed by atoms with E-state index in [1.54, 1.807) is 0 Å². The van der Waals surface area contributed by atoms with Crippen LogP contribution in [0.5, 0.6) is 0 Å². The van der Waals surface area contributed by atoms with Crippen LogP contribution in [-0.4, -0.2) is 27.7 Å². The highest BCUT2D eigenvalue weighted by Crippen LogP contribution is 2.24. The molecule has 1 unspecified atom stereocenters. The minimum absolute atomic E-state index is 0.129. The topological polar surface area (TPSA) is 84.1 Å². The van der Waals surface area contributed by atoms with Crippen molar-refractivity contribution >= 4 is 23.2 Å². The number of rotatable bonds is 5. The number of nitrogens with zero attached hydrogens (tertiary/aromatic N) is 2. The lowest BCUT2D eigenvalue weighted by molar-refractivity contribution is 0.278. The summed E-state index contributed by atoms with van der Waals surface area (Å²) in [7, 11) is 0. The van der Waals surface area contributed by atoms with Crippen LogP contribution in [0.4, 0.5) is 11.6 Å². The molecule has 0 saturated carbocycles. The molecular weight excluding hydrogens is 216 g/mol. The molecule has 0 aliphatic heterocycles. The highest BCUT2D eigenvalue weighted by atomic mass is 35.5. The molecule has 1 rings (SSSR count). The Morgan fingerprint density at radius 1 is 1.60 bits per heavy atom. The molecule has 5 nitrogen and oxygen atoms in total. The number of halogens is 1. The van der Waals surface area contributed by atoms with E-state index in [1.165, 1.54) is 6.33 Å². The highest BCUT2D eigenvalue weighted by Gasteiger charge is 2.10. The second-order valence-corrected chi connectivity index (χ2v) is 3.56. The number of nitrogens with one attached hydrogen (secondary N) is 1. The third-order valence-corrected chi connectivity index (χ3v) is 2.50. The Kier molecular flexibility index (Phi) is 4.58. The number of aliphatic hydroxyl groups is 1. The van der Waals surface area contributed by atoms with E-state index in [1.807, 2.05) is 6.92 Å². The van der Waals surface area contributed by atoms with Gasteiger partial charge in [0.15, 0.2) is 5.82 Å². The first-order valence-corrected chi connectivity index (χ1v) is 5.20. The zero-order valence-corrected chi connectivity index (χ0v) is 9.33. The van der Waals surface area contributed by atoms with Gasteiger partial charge in [0.1, 0.15) is 17.2 Å². The van der Waals surface area contributed by atoms with Crippen molar-refractivity contribution in [1.29, 1.82) is 0 Å². The summed E-state index contributed by atoms with van der Waals surface area (Å²) in [6, 6.07) is 0.141. The minimum atomic E-state index is 0.129. The maximum absolute atomic E-state index is 8.84. The summed E-state index contributed by atoms with van der Waals surface area (Å²) in [5, 5.41) is 12.3. The third kappa shape index (κ3) is 3.21. The molecule has 1 heterocycles. The summed E-state index contributed by atoms with van der Waals surface area (Å²) in [6.07, 6.45) is 2.88. The van der Waals surface area contributed by atoms with Crippen molar-refractivity contribution in [2.75, 3.05) is 17.7 Å². The number of hydrogen-bond acceptors (Lipinski definition) is 5. The molecule has 0 aromatic carbocycles. The summed E-state index contributed by atoms with van der Waals surface area (Å²) in [4.78, 5) is 7.76. The van der Waals surface area contributed by atoms with Gasteiger partial charge in [0.25, 0.3) is 0 Å². The van der Waals surface area contributed by atoms with Gasteiger partial charge in [-0.1, -0.05) is 18.5 Å². The van der Waals surface area contributed by atoms with Crippen molar-refractivity contribution in [3.8, 4) is 0 Å². The average molecular weight is 231 g/mol. The highest BCUT2D eigenvalue weighted by molar-refractivity contribution is 6.35. The first-order valence-electron chi connectivity index (χ1n) is 4.82. The number of aromatic nitrogens is 2. The fraction of sp³-hybridized carbons (Fsp3) is 0.556. The zero-order valence-electron chi connectivity index (χ0n) is 8.57. The van der Waals surface area contributed by atoms with Crippen LogP contribution in [0.25, 0.3) is 0 Å². The maximum atomic E-state index is 8.84. The van der Waals surface area contributed by atoms with E-state index < -0.39 is 0 Å². The first kappa shape index (κ1) is 12.0. The molecular formula is C9H15ClN4O. The Labute approximate surface area is 93.7 Å². The molecule has 0 aliphatic carbocycles. The van der Waals surface area contributed by atoms with Crippen molar-refractivity contribution in [2.24, 2.45) is 0 Å². The Hall–Kier alpha value is -1.07. The van der Waals surface area contributed by atoms with Gasteiger partial charge in [-0.05, 0) is 12.8 Å². The van der Waals surface area contributed by atoms with Crippen LogP contribution in [0.1, 0.15) is 19.8 Å². The second kappa shape index (κ2) is 5.72. The number of hydrogen-bond donors (Lipinski definition) is 3. The predicted molar refractivity (Wildman–Crippen MR) is 60.9 cm³/mol. The summed E-state index contributed by atoms with van der Waals surface area (Å²) in [6.45, 7) is 2.15. The molecule has 0 aliphatic rings.